The molecule has 0 aromatic carbocycles. The Hall–Kier alpha value is 3.11. The summed E-state index contributed by atoms with van der Waals surface area (Å²) >= 11 is 16.7. The molecule has 4 nitrogen and oxygen atoms in total. The first-order valence-corrected chi connectivity index (χ1v) is 24.2. The van der Waals surface area contributed by atoms with E-state index in [1.54, 1.807) is 11.8 Å². The van der Waals surface area contributed by atoms with Gasteiger partial charge < -0.3 is 9.66 Å². The van der Waals surface area contributed by atoms with Crippen LogP contribution in [0.4, 0.5) is 0 Å². The van der Waals surface area contributed by atoms with Crippen molar-refractivity contribution in [1.82, 2.24) is 0 Å². The highest BCUT2D eigenvalue weighted by Gasteiger charge is 2.06. The standard InChI is InChI=1S/C21H40O4S11/c1-2-12-36(25)13-11-31-18-33-17-29-9-10-34-20(23)3-5-27-15-32-16-28-6-4-21(24)35-19-30-8-7-26-14-22/h22H,2-19H2,1H3. The largest absolute Gasteiger partial charge is 0.616 e. The van der Waals surface area contributed by atoms with E-state index < -0.39 is 11.2 Å². The molecule has 1 N–H and O–H groups in total. The first-order valence-electron chi connectivity index (χ1n) is 11.5. The lowest BCUT2D eigenvalue weighted by molar-refractivity contribution is -0.111. The van der Waals surface area contributed by atoms with E-state index in [2.05, 4.69) is 6.92 Å². The monoisotopic (exact) mass is 708 g/mol. The second kappa shape index (κ2) is 32.6. The van der Waals surface area contributed by atoms with Crippen molar-refractivity contribution in [2.75, 3.05) is 83.1 Å². The Morgan fingerprint density at radius 1 is 0.611 bits per heavy atom. The molecular weight excluding hydrogens is 669 g/mol. The summed E-state index contributed by atoms with van der Waals surface area (Å²) in [4.78, 5) is 23.8. The van der Waals surface area contributed by atoms with Crippen molar-refractivity contribution in [3.63, 3.8) is 0 Å². The van der Waals surface area contributed by atoms with Gasteiger partial charge in [0, 0.05) is 78.5 Å². The zero-order valence-electron chi connectivity index (χ0n) is 20.9. The third-order valence-electron chi connectivity index (χ3n) is 3.71. The molecule has 0 aliphatic carbocycles. The fourth-order valence-electron chi connectivity index (χ4n) is 2.04. The highest BCUT2D eigenvalue weighted by molar-refractivity contribution is 8.24. The van der Waals surface area contributed by atoms with Crippen LogP contribution in [0.25, 0.3) is 0 Å². The summed E-state index contributed by atoms with van der Waals surface area (Å²) < 4.78 is 11.6. The number of hydrogen-bond acceptors (Lipinski definition) is 14. The first-order chi connectivity index (χ1) is 17.6. The van der Waals surface area contributed by atoms with E-state index in [1.165, 1.54) is 35.3 Å². The normalized spacial score (nSPS) is 12.2. The zero-order chi connectivity index (χ0) is 26.5. The average molecular weight is 709 g/mol. The molecule has 0 heterocycles. The van der Waals surface area contributed by atoms with E-state index in [-0.39, 0.29) is 11.1 Å². The van der Waals surface area contributed by atoms with Gasteiger partial charge in [0.25, 0.3) is 0 Å². The van der Waals surface area contributed by atoms with Gasteiger partial charge in [0.05, 0.1) is 5.94 Å². The van der Waals surface area contributed by atoms with E-state index in [0.29, 0.717) is 18.0 Å². The predicted octanol–water partition coefficient (Wildman–Crippen LogP) is 7.05. The van der Waals surface area contributed by atoms with Gasteiger partial charge in [0.1, 0.15) is 11.5 Å². The predicted molar refractivity (Wildman–Crippen MR) is 189 cm³/mol. The summed E-state index contributed by atoms with van der Waals surface area (Å²) in [6.45, 7) is 2.07. The molecule has 36 heavy (non-hydrogen) atoms. The van der Waals surface area contributed by atoms with Crippen molar-refractivity contribution in [3.05, 3.63) is 0 Å². The smallest absolute Gasteiger partial charge is 0.190 e. The van der Waals surface area contributed by atoms with Crippen molar-refractivity contribution in [1.29, 1.82) is 0 Å². The summed E-state index contributed by atoms with van der Waals surface area (Å²) in [5.74, 6) is 8.36. The summed E-state index contributed by atoms with van der Waals surface area (Å²) in [6.07, 6.45) is 2.26. The molecule has 0 aliphatic rings. The second-order valence-electron chi connectivity index (χ2n) is 6.66. The molecule has 0 fully saturated rings. The quantitative estimate of drug-likeness (QED) is 0.0513. The summed E-state index contributed by atoms with van der Waals surface area (Å²) in [7, 11) is 0. The Balaban J connectivity index is 3.27. The number of aliphatic hydroxyl groups excluding tert-OH is 1. The van der Waals surface area contributed by atoms with Crippen molar-refractivity contribution in [2.45, 2.75) is 26.2 Å². The Labute approximate surface area is 264 Å². The molecular formula is C21H40O4S11. The van der Waals surface area contributed by atoms with Gasteiger partial charge in [0.15, 0.2) is 10.2 Å². The molecule has 0 saturated heterocycles. The molecule has 15 heteroatoms. The van der Waals surface area contributed by atoms with Gasteiger partial charge in [-0.05, 0) is 6.42 Å². The molecule has 0 radical (unpaired) electrons. The van der Waals surface area contributed by atoms with Gasteiger partial charge in [-0.1, -0.05) is 41.6 Å². The lowest BCUT2D eigenvalue weighted by Crippen LogP contribution is -2.12. The Kier molecular flexibility index (Phi) is 35.4. The van der Waals surface area contributed by atoms with Crippen molar-refractivity contribution in [2.24, 2.45) is 0 Å². The van der Waals surface area contributed by atoms with Crippen LogP contribution in [-0.4, -0.2) is 103 Å². The molecule has 0 bridgehead atoms. The van der Waals surface area contributed by atoms with Crippen molar-refractivity contribution < 1.29 is 19.2 Å². The van der Waals surface area contributed by atoms with Crippen LogP contribution in [0.1, 0.15) is 26.2 Å². The number of rotatable bonds is 28. The minimum absolute atomic E-state index is 0.170. The Bertz CT molecular complexity index is 506. The van der Waals surface area contributed by atoms with Crippen LogP contribution < -0.4 is 0 Å². The van der Waals surface area contributed by atoms with E-state index in [9.17, 15) is 14.1 Å². The highest BCUT2D eigenvalue weighted by Crippen LogP contribution is 2.22. The zero-order valence-corrected chi connectivity index (χ0v) is 29.9. The number of carbonyl (C=O) groups is 2. The van der Waals surface area contributed by atoms with Crippen LogP contribution in [0.2, 0.25) is 0 Å². The summed E-state index contributed by atoms with van der Waals surface area (Å²) in [5.41, 5.74) is 0. The molecule has 214 valence electrons. The van der Waals surface area contributed by atoms with Gasteiger partial charge in [-0.25, -0.2) is 0 Å². The SMILES string of the molecule is CCC[S+]([O-])CCSCSCSCCSC(=O)CCSCSCSCCC(=O)SCSCCSCO. The second-order valence-corrected chi connectivity index (χ2v) is 20.9. The van der Waals surface area contributed by atoms with Crippen molar-refractivity contribution >= 4 is 139 Å². The fraction of sp³-hybridized carbons (Fsp3) is 0.905. The van der Waals surface area contributed by atoms with Crippen molar-refractivity contribution in [3.8, 4) is 0 Å². The van der Waals surface area contributed by atoms with Gasteiger partial charge in [-0.3, -0.25) is 9.59 Å². The average Bonchev–Trinajstić information content (AvgIpc) is 2.86. The topological polar surface area (TPSA) is 77.4 Å². The van der Waals surface area contributed by atoms with Crippen LogP contribution >= 0.6 is 118 Å². The lowest BCUT2D eigenvalue weighted by Gasteiger charge is -2.09. The number of thioether (sulfide) groups is 10. The van der Waals surface area contributed by atoms with Gasteiger partial charge in [0.2, 0.25) is 0 Å². The van der Waals surface area contributed by atoms with Crippen LogP contribution in [0.3, 0.4) is 0 Å². The molecule has 0 aromatic rings. The van der Waals surface area contributed by atoms with Gasteiger partial charge in [-0.15, -0.1) is 58.8 Å². The van der Waals surface area contributed by atoms with Crippen LogP contribution in [0, 0.1) is 0 Å². The lowest BCUT2D eigenvalue weighted by atomic mass is 10.5. The first kappa shape index (κ1) is 39.1. The molecule has 1 unspecified atom stereocenters. The van der Waals surface area contributed by atoms with E-state index >= 15 is 0 Å². The maximum absolute atomic E-state index is 12.0. The van der Waals surface area contributed by atoms with E-state index in [0.717, 1.165) is 83.6 Å². The Morgan fingerprint density at radius 3 is 1.72 bits per heavy atom. The summed E-state index contributed by atoms with van der Waals surface area (Å²) in [5, 5.41) is 14.2. The minimum Gasteiger partial charge on any atom is -0.616 e. The third-order valence-corrected chi connectivity index (χ3v) is 17.1. The van der Waals surface area contributed by atoms with E-state index in [4.69, 9.17) is 5.11 Å². The van der Waals surface area contributed by atoms with Crippen LogP contribution in [0.15, 0.2) is 0 Å². The molecule has 0 aromatic heterocycles. The van der Waals surface area contributed by atoms with Crippen LogP contribution in [0.5, 0.6) is 0 Å². The summed E-state index contributed by atoms with van der Waals surface area (Å²) in [6, 6.07) is 0. The number of hydrogen-bond donors (Lipinski definition) is 1. The molecule has 0 saturated carbocycles. The fourth-order valence-corrected chi connectivity index (χ4v) is 14.3. The highest BCUT2D eigenvalue weighted by atomic mass is 32.2. The third kappa shape index (κ3) is 31.6. The maximum Gasteiger partial charge on any atom is 0.190 e. The van der Waals surface area contributed by atoms with Crippen LogP contribution in [-0.2, 0) is 20.8 Å². The molecule has 0 amide bonds. The Morgan fingerprint density at radius 2 is 1.11 bits per heavy atom. The van der Waals surface area contributed by atoms with E-state index in [1.807, 2.05) is 70.6 Å². The number of aliphatic hydroxyl groups is 1. The molecule has 0 rings (SSSR count). The molecule has 1 atom stereocenters. The maximum atomic E-state index is 12.0. The minimum atomic E-state index is -0.636. The van der Waals surface area contributed by atoms with Gasteiger partial charge in [-0.2, -0.15) is 35.3 Å². The number of carbonyl (C=O) groups excluding carboxylic acids is 2. The molecule has 0 spiro atoms. The van der Waals surface area contributed by atoms with Gasteiger partial charge >= 0.3 is 0 Å². The molecule has 0 aliphatic heterocycles.